The van der Waals surface area contributed by atoms with E-state index in [9.17, 15) is 5.11 Å². The summed E-state index contributed by atoms with van der Waals surface area (Å²) in [6, 6.07) is 8.09. The summed E-state index contributed by atoms with van der Waals surface area (Å²) in [4.78, 5) is 4.73. The first-order valence-electron chi connectivity index (χ1n) is 11.6. The highest BCUT2D eigenvalue weighted by Crippen LogP contribution is 2.60. The van der Waals surface area contributed by atoms with Gasteiger partial charge in [0.05, 0.1) is 24.9 Å². The van der Waals surface area contributed by atoms with Gasteiger partial charge in [-0.1, -0.05) is 25.0 Å². The smallest absolute Gasteiger partial charge is 0.191 e. The third kappa shape index (κ3) is 5.14. The molecule has 0 aromatic heterocycles. The molecule has 4 unspecified atom stereocenters. The van der Waals surface area contributed by atoms with Gasteiger partial charge in [0.1, 0.15) is 5.75 Å². The fraction of sp³-hybridized carbons (Fsp3) is 0.708. The lowest BCUT2D eigenvalue weighted by Crippen LogP contribution is -2.69. The maximum atomic E-state index is 10.7. The fourth-order valence-corrected chi connectivity index (χ4v) is 5.72. The first-order chi connectivity index (χ1) is 14.5. The molecule has 2 aliphatic carbocycles. The van der Waals surface area contributed by atoms with Gasteiger partial charge < -0.3 is 25.2 Å². The Balaban J connectivity index is 0.00000272. The van der Waals surface area contributed by atoms with Crippen molar-refractivity contribution in [1.82, 2.24) is 10.6 Å². The maximum Gasteiger partial charge on any atom is 0.191 e. The second-order valence-corrected chi connectivity index (χ2v) is 9.28. The molecule has 1 aliphatic heterocycles. The molecule has 4 atom stereocenters. The number of hydrogen-bond acceptors (Lipinski definition) is 4. The predicted octanol–water partition coefficient (Wildman–Crippen LogP) is 4.03. The summed E-state index contributed by atoms with van der Waals surface area (Å²) in [5.74, 6) is 2.16. The van der Waals surface area contributed by atoms with E-state index in [1.807, 2.05) is 38.1 Å². The highest BCUT2D eigenvalue weighted by molar-refractivity contribution is 14.0. The quantitative estimate of drug-likeness (QED) is 0.275. The van der Waals surface area contributed by atoms with Crippen molar-refractivity contribution in [2.75, 3.05) is 19.7 Å². The fourth-order valence-electron chi connectivity index (χ4n) is 5.72. The average Bonchev–Trinajstić information content (AvgIpc) is 3.38. The van der Waals surface area contributed by atoms with E-state index in [4.69, 9.17) is 14.5 Å². The topological polar surface area (TPSA) is 75.1 Å². The molecule has 0 radical (unpaired) electrons. The van der Waals surface area contributed by atoms with Crippen molar-refractivity contribution in [3.05, 3.63) is 29.8 Å². The minimum Gasteiger partial charge on any atom is -0.491 e. The van der Waals surface area contributed by atoms with Crippen molar-refractivity contribution in [1.29, 1.82) is 0 Å². The number of fused-ring (bicyclic) bond motifs is 2. The molecular formula is C24H38IN3O3. The van der Waals surface area contributed by atoms with E-state index in [2.05, 4.69) is 17.6 Å². The molecule has 0 amide bonds. The molecule has 174 valence electrons. The zero-order valence-corrected chi connectivity index (χ0v) is 21.3. The minimum absolute atomic E-state index is 0. The number of nitrogens with one attached hydrogen (secondary N) is 2. The standard InChI is InChI=1S/C24H37N3O3.HI/c1-4-25-23(26-15-20(28)17-8-7-9-18(14-17)30-16(2)3)27-21-19-10-13-29-22(19)24(21)11-5-6-12-24;/h7-9,14,16,19-22,28H,4-6,10-13,15H2,1-3H3,(H2,25,26,27);1H. The number of halogens is 1. The number of nitrogens with zero attached hydrogens (tertiary/aromatic N) is 1. The van der Waals surface area contributed by atoms with Crippen LogP contribution in [0.2, 0.25) is 0 Å². The Bertz CT molecular complexity index is 751. The van der Waals surface area contributed by atoms with E-state index in [-0.39, 0.29) is 35.5 Å². The van der Waals surface area contributed by atoms with Gasteiger partial charge >= 0.3 is 0 Å². The highest BCUT2D eigenvalue weighted by atomic mass is 127. The Hall–Kier alpha value is -1.06. The van der Waals surface area contributed by atoms with Crippen LogP contribution in [0.4, 0.5) is 0 Å². The second kappa shape index (κ2) is 10.7. The number of guanidine groups is 1. The van der Waals surface area contributed by atoms with Gasteiger partial charge in [0, 0.05) is 30.5 Å². The Labute approximate surface area is 203 Å². The molecule has 1 saturated heterocycles. The number of aliphatic hydroxyl groups excluding tert-OH is 1. The van der Waals surface area contributed by atoms with Gasteiger partial charge in [-0.3, -0.25) is 4.99 Å². The van der Waals surface area contributed by atoms with Crippen molar-refractivity contribution >= 4 is 29.9 Å². The lowest BCUT2D eigenvalue weighted by molar-refractivity contribution is -0.125. The lowest BCUT2D eigenvalue weighted by Gasteiger charge is -2.57. The van der Waals surface area contributed by atoms with Gasteiger partial charge in [-0.2, -0.15) is 0 Å². The summed E-state index contributed by atoms with van der Waals surface area (Å²) in [6.45, 7) is 8.07. The molecule has 1 spiro atoms. The van der Waals surface area contributed by atoms with E-state index in [1.165, 1.54) is 25.7 Å². The largest absolute Gasteiger partial charge is 0.491 e. The summed E-state index contributed by atoms with van der Waals surface area (Å²) in [6.07, 6.45) is 6.09. The molecule has 4 rings (SSSR count). The molecule has 2 saturated carbocycles. The van der Waals surface area contributed by atoms with Crippen molar-refractivity contribution < 1.29 is 14.6 Å². The van der Waals surface area contributed by atoms with Crippen LogP contribution in [0, 0.1) is 11.3 Å². The number of aliphatic imine (C=N–C) groups is 1. The van der Waals surface area contributed by atoms with E-state index in [0.717, 1.165) is 36.8 Å². The van der Waals surface area contributed by atoms with Gasteiger partial charge in [-0.25, -0.2) is 0 Å². The summed E-state index contributed by atoms with van der Waals surface area (Å²) in [7, 11) is 0. The summed E-state index contributed by atoms with van der Waals surface area (Å²) >= 11 is 0. The Morgan fingerprint density at radius 3 is 2.81 bits per heavy atom. The number of aliphatic hydroxyl groups is 1. The maximum absolute atomic E-state index is 10.7. The lowest BCUT2D eigenvalue weighted by atomic mass is 9.54. The molecule has 3 fully saturated rings. The van der Waals surface area contributed by atoms with Gasteiger partial charge in [-0.15, -0.1) is 24.0 Å². The monoisotopic (exact) mass is 543 g/mol. The van der Waals surface area contributed by atoms with Crippen molar-refractivity contribution in [2.45, 2.75) is 77.2 Å². The Morgan fingerprint density at radius 1 is 1.32 bits per heavy atom. The van der Waals surface area contributed by atoms with Crippen molar-refractivity contribution in [2.24, 2.45) is 16.3 Å². The van der Waals surface area contributed by atoms with Crippen LogP contribution in [0.15, 0.2) is 29.3 Å². The second-order valence-electron chi connectivity index (χ2n) is 9.28. The van der Waals surface area contributed by atoms with Crippen LogP contribution < -0.4 is 15.4 Å². The Kier molecular flexibility index (Phi) is 8.49. The minimum atomic E-state index is -0.666. The molecule has 3 aliphatic rings. The number of benzene rings is 1. The first-order valence-corrected chi connectivity index (χ1v) is 11.6. The third-order valence-corrected chi connectivity index (χ3v) is 6.96. The molecule has 31 heavy (non-hydrogen) atoms. The molecule has 7 heteroatoms. The van der Waals surface area contributed by atoms with Crippen LogP contribution in [0.3, 0.4) is 0 Å². The molecule has 0 bridgehead atoms. The summed E-state index contributed by atoms with van der Waals surface area (Å²) in [5, 5.41) is 17.8. The Morgan fingerprint density at radius 2 is 2.10 bits per heavy atom. The molecule has 1 aromatic carbocycles. The van der Waals surface area contributed by atoms with E-state index in [1.54, 1.807) is 0 Å². The molecule has 1 aromatic rings. The third-order valence-electron chi connectivity index (χ3n) is 6.96. The van der Waals surface area contributed by atoms with E-state index in [0.29, 0.717) is 24.6 Å². The van der Waals surface area contributed by atoms with Crippen LogP contribution in [-0.2, 0) is 4.74 Å². The SMILES string of the molecule is CCNC(=NCC(O)c1cccc(OC(C)C)c1)NC1C2CCOC2C12CCCC2.I. The molecular weight excluding hydrogens is 505 g/mol. The van der Waals surface area contributed by atoms with E-state index < -0.39 is 6.10 Å². The van der Waals surface area contributed by atoms with Gasteiger partial charge in [-0.05, 0) is 57.7 Å². The first kappa shape index (κ1) is 24.6. The van der Waals surface area contributed by atoms with Crippen molar-refractivity contribution in [3.8, 4) is 5.75 Å². The zero-order chi connectivity index (χ0) is 21.1. The van der Waals surface area contributed by atoms with Crippen LogP contribution in [0.25, 0.3) is 0 Å². The molecule has 6 nitrogen and oxygen atoms in total. The van der Waals surface area contributed by atoms with Gasteiger partial charge in [0.15, 0.2) is 5.96 Å². The highest BCUT2D eigenvalue weighted by Gasteiger charge is 2.65. The van der Waals surface area contributed by atoms with Crippen molar-refractivity contribution in [3.63, 3.8) is 0 Å². The normalized spacial score (nSPS) is 27.4. The van der Waals surface area contributed by atoms with Crippen LogP contribution in [0.5, 0.6) is 5.75 Å². The average molecular weight is 543 g/mol. The molecule has 1 heterocycles. The van der Waals surface area contributed by atoms with Gasteiger partial charge in [0.2, 0.25) is 0 Å². The summed E-state index contributed by atoms with van der Waals surface area (Å²) in [5.41, 5.74) is 1.10. The van der Waals surface area contributed by atoms with E-state index >= 15 is 0 Å². The zero-order valence-electron chi connectivity index (χ0n) is 19.0. The predicted molar refractivity (Wildman–Crippen MR) is 134 cm³/mol. The number of ether oxygens (including phenoxy) is 2. The summed E-state index contributed by atoms with van der Waals surface area (Å²) < 4.78 is 11.9. The van der Waals surface area contributed by atoms with Gasteiger partial charge in [0.25, 0.3) is 0 Å². The van der Waals surface area contributed by atoms with Crippen LogP contribution >= 0.6 is 24.0 Å². The number of rotatable bonds is 7. The number of hydrogen-bond donors (Lipinski definition) is 3. The molecule has 3 N–H and O–H groups in total. The van der Waals surface area contributed by atoms with Crippen LogP contribution in [-0.4, -0.2) is 49.0 Å². The van der Waals surface area contributed by atoms with Crippen LogP contribution in [0.1, 0.15) is 64.5 Å².